The molecule has 0 aliphatic heterocycles. The molecule has 0 heterocycles. The summed E-state index contributed by atoms with van der Waals surface area (Å²) < 4.78 is 32.2. The Morgan fingerprint density at radius 1 is 0.781 bits per heavy atom. The lowest BCUT2D eigenvalue weighted by atomic mass is 10.2. The van der Waals surface area contributed by atoms with Crippen molar-refractivity contribution in [1.29, 1.82) is 0 Å². The second-order valence-corrected chi connectivity index (χ2v) is 9.08. The SMILES string of the molecule is C[C@H](OC(=O)c1ccc(S(=O)(=O)N(C)c2ccccc2)cc1)C(=O)N(C)c1ccccc1. The first-order valence-corrected chi connectivity index (χ1v) is 11.3. The molecular weight excluding hydrogens is 428 g/mol. The number of rotatable bonds is 7. The van der Waals surface area contributed by atoms with Crippen molar-refractivity contribution in [1.82, 2.24) is 0 Å². The van der Waals surface area contributed by atoms with Crippen LogP contribution in [0.4, 0.5) is 11.4 Å². The summed E-state index contributed by atoms with van der Waals surface area (Å²) >= 11 is 0. The second kappa shape index (κ2) is 9.65. The number of carbonyl (C=O) groups is 2. The molecule has 0 aromatic heterocycles. The van der Waals surface area contributed by atoms with E-state index in [1.165, 1.54) is 47.4 Å². The van der Waals surface area contributed by atoms with Gasteiger partial charge >= 0.3 is 5.97 Å². The lowest BCUT2D eigenvalue weighted by Gasteiger charge is -2.21. The molecular formula is C24H24N2O5S. The van der Waals surface area contributed by atoms with Crippen LogP contribution >= 0.6 is 0 Å². The topological polar surface area (TPSA) is 84.0 Å². The maximum Gasteiger partial charge on any atom is 0.338 e. The smallest absolute Gasteiger partial charge is 0.338 e. The van der Waals surface area contributed by atoms with Crippen LogP contribution in [0.5, 0.6) is 0 Å². The molecule has 32 heavy (non-hydrogen) atoms. The molecule has 0 aliphatic rings. The number of carbonyl (C=O) groups excluding carboxylic acids is 2. The summed E-state index contributed by atoms with van der Waals surface area (Å²) in [7, 11) is -0.729. The van der Waals surface area contributed by atoms with E-state index in [0.717, 1.165) is 0 Å². The Morgan fingerprint density at radius 2 is 1.28 bits per heavy atom. The molecule has 0 aliphatic carbocycles. The van der Waals surface area contributed by atoms with Gasteiger partial charge in [-0.05, 0) is 55.5 Å². The van der Waals surface area contributed by atoms with Gasteiger partial charge in [0.25, 0.3) is 15.9 Å². The largest absolute Gasteiger partial charge is 0.449 e. The minimum Gasteiger partial charge on any atom is -0.449 e. The number of para-hydroxylation sites is 2. The minimum atomic E-state index is -3.79. The van der Waals surface area contributed by atoms with Gasteiger partial charge < -0.3 is 9.64 Å². The average molecular weight is 453 g/mol. The Kier molecular flexibility index (Phi) is 6.95. The summed E-state index contributed by atoms with van der Waals surface area (Å²) in [4.78, 5) is 26.5. The molecule has 1 amide bonds. The number of likely N-dealkylation sites (N-methyl/N-ethyl adjacent to an activating group) is 1. The van der Waals surface area contributed by atoms with Crippen LogP contribution in [-0.4, -0.2) is 40.5 Å². The normalized spacial score (nSPS) is 12.0. The average Bonchev–Trinajstić information content (AvgIpc) is 2.83. The van der Waals surface area contributed by atoms with Crippen LogP contribution in [0.25, 0.3) is 0 Å². The predicted molar refractivity (Wildman–Crippen MR) is 123 cm³/mol. The highest BCUT2D eigenvalue weighted by Crippen LogP contribution is 2.22. The second-order valence-electron chi connectivity index (χ2n) is 7.11. The van der Waals surface area contributed by atoms with Gasteiger partial charge in [-0.1, -0.05) is 36.4 Å². The zero-order valence-corrected chi connectivity index (χ0v) is 18.8. The number of nitrogens with zero attached hydrogens (tertiary/aromatic N) is 2. The Labute approximate surface area is 187 Å². The molecule has 0 fully saturated rings. The summed E-state index contributed by atoms with van der Waals surface area (Å²) in [6.07, 6.45) is -1.01. The fourth-order valence-electron chi connectivity index (χ4n) is 3.03. The highest BCUT2D eigenvalue weighted by molar-refractivity contribution is 7.92. The fraction of sp³-hybridized carbons (Fsp3) is 0.167. The van der Waals surface area contributed by atoms with Gasteiger partial charge in [-0.3, -0.25) is 9.10 Å². The molecule has 0 saturated carbocycles. The van der Waals surface area contributed by atoms with Crippen molar-refractivity contribution >= 4 is 33.3 Å². The van der Waals surface area contributed by atoms with Gasteiger partial charge in [-0.15, -0.1) is 0 Å². The molecule has 166 valence electrons. The predicted octanol–water partition coefficient (Wildman–Crippen LogP) is 3.72. The highest BCUT2D eigenvalue weighted by Gasteiger charge is 2.25. The van der Waals surface area contributed by atoms with Crippen molar-refractivity contribution in [3.05, 3.63) is 90.5 Å². The summed E-state index contributed by atoms with van der Waals surface area (Å²) in [6.45, 7) is 1.49. The first kappa shape index (κ1) is 23.0. The highest BCUT2D eigenvalue weighted by atomic mass is 32.2. The van der Waals surface area contributed by atoms with Crippen LogP contribution < -0.4 is 9.21 Å². The van der Waals surface area contributed by atoms with Crippen molar-refractivity contribution in [3.63, 3.8) is 0 Å². The van der Waals surface area contributed by atoms with Crippen molar-refractivity contribution < 1.29 is 22.7 Å². The number of sulfonamides is 1. The van der Waals surface area contributed by atoms with E-state index in [1.54, 1.807) is 61.6 Å². The zero-order chi connectivity index (χ0) is 23.3. The molecule has 0 spiro atoms. The van der Waals surface area contributed by atoms with Gasteiger partial charge in [-0.25, -0.2) is 13.2 Å². The summed E-state index contributed by atoms with van der Waals surface area (Å²) in [6, 6.07) is 23.1. The molecule has 3 aromatic rings. The number of ether oxygens (including phenoxy) is 1. The number of hydrogen-bond acceptors (Lipinski definition) is 5. The van der Waals surface area contributed by atoms with E-state index in [-0.39, 0.29) is 16.4 Å². The molecule has 8 heteroatoms. The van der Waals surface area contributed by atoms with Crippen LogP contribution in [0.15, 0.2) is 89.8 Å². The lowest BCUT2D eigenvalue weighted by Crippen LogP contribution is -2.37. The number of anilines is 2. The van der Waals surface area contributed by atoms with E-state index in [4.69, 9.17) is 4.74 Å². The molecule has 0 unspecified atom stereocenters. The molecule has 0 N–H and O–H groups in total. The number of benzene rings is 3. The van der Waals surface area contributed by atoms with Gasteiger partial charge in [-0.2, -0.15) is 0 Å². The van der Waals surface area contributed by atoms with E-state index in [0.29, 0.717) is 11.4 Å². The Hall–Kier alpha value is -3.65. The van der Waals surface area contributed by atoms with Crippen LogP contribution in [0.3, 0.4) is 0 Å². The molecule has 0 bridgehead atoms. The van der Waals surface area contributed by atoms with Crippen molar-refractivity contribution in [2.45, 2.75) is 17.9 Å². The van der Waals surface area contributed by atoms with Crippen LogP contribution in [0.2, 0.25) is 0 Å². The minimum absolute atomic E-state index is 0.0355. The molecule has 7 nitrogen and oxygen atoms in total. The van der Waals surface area contributed by atoms with Gasteiger partial charge in [0.2, 0.25) is 0 Å². The van der Waals surface area contributed by atoms with E-state index >= 15 is 0 Å². The number of esters is 1. The summed E-state index contributed by atoms with van der Waals surface area (Å²) in [5.41, 5.74) is 1.34. The molecule has 1 atom stereocenters. The Morgan fingerprint density at radius 3 is 1.81 bits per heavy atom. The van der Waals surface area contributed by atoms with Gasteiger partial charge in [0.15, 0.2) is 6.10 Å². The maximum absolute atomic E-state index is 12.9. The molecule has 0 radical (unpaired) electrons. The Bertz CT molecular complexity index is 1180. The Balaban J connectivity index is 1.69. The standard InChI is InChI=1S/C24H24N2O5S/c1-18(23(27)25(2)20-10-6-4-7-11-20)31-24(28)19-14-16-22(17-15-19)32(29,30)26(3)21-12-8-5-9-13-21/h4-18H,1-3H3/t18-/m0/s1. The molecule has 3 aromatic carbocycles. The van der Waals surface area contributed by atoms with E-state index in [1.807, 2.05) is 6.07 Å². The monoisotopic (exact) mass is 452 g/mol. The van der Waals surface area contributed by atoms with Crippen molar-refractivity contribution in [2.24, 2.45) is 0 Å². The van der Waals surface area contributed by atoms with Gasteiger partial charge in [0.05, 0.1) is 16.1 Å². The molecule has 3 rings (SSSR count). The number of hydrogen-bond donors (Lipinski definition) is 0. The van der Waals surface area contributed by atoms with E-state index < -0.39 is 22.1 Å². The fourth-order valence-corrected chi connectivity index (χ4v) is 4.22. The third kappa shape index (κ3) is 4.97. The number of amides is 1. The van der Waals surface area contributed by atoms with E-state index in [2.05, 4.69) is 0 Å². The summed E-state index contributed by atoms with van der Waals surface area (Å²) in [5, 5.41) is 0. The lowest BCUT2D eigenvalue weighted by molar-refractivity contribution is -0.126. The van der Waals surface area contributed by atoms with Crippen molar-refractivity contribution in [3.8, 4) is 0 Å². The summed E-state index contributed by atoms with van der Waals surface area (Å²) in [5.74, 6) is -1.10. The maximum atomic E-state index is 12.9. The van der Waals surface area contributed by atoms with Crippen molar-refractivity contribution in [2.75, 3.05) is 23.3 Å². The van der Waals surface area contributed by atoms with Crippen LogP contribution in [-0.2, 0) is 19.6 Å². The first-order chi connectivity index (χ1) is 15.2. The van der Waals surface area contributed by atoms with Gasteiger partial charge in [0, 0.05) is 19.8 Å². The van der Waals surface area contributed by atoms with Crippen LogP contribution in [0, 0.1) is 0 Å². The third-order valence-electron chi connectivity index (χ3n) is 4.97. The van der Waals surface area contributed by atoms with Gasteiger partial charge in [0.1, 0.15) is 0 Å². The van der Waals surface area contributed by atoms with Crippen LogP contribution in [0.1, 0.15) is 17.3 Å². The van der Waals surface area contributed by atoms with E-state index in [9.17, 15) is 18.0 Å². The quantitative estimate of drug-likeness (QED) is 0.510. The zero-order valence-electron chi connectivity index (χ0n) is 18.0. The third-order valence-corrected chi connectivity index (χ3v) is 6.77. The first-order valence-electron chi connectivity index (χ1n) is 9.89. The molecule has 0 saturated heterocycles.